The van der Waals surface area contributed by atoms with Crippen molar-refractivity contribution >= 4 is 5.95 Å². The van der Waals surface area contributed by atoms with Gasteiger partial charge in [-0.25, -0.2) is 9.97 Å². The first-order chi connectivity index (χ1) is 9.19. The van der Waals surface area contributed by atoms with Gasteiger partial charge >= 0.3 is 0 Å². The van der Waals surface area contributed by atoms with Crippen LogP contribution in [0.4, 0.5) is 5.95 Å². The summed E-state index contributed by atoms with van der Waals surface area (Å²) in [7, 11) is 5.34. The van der Waals surface area contributed by atoms with Gasteiger partial charge in [-0.05, 0) is 14.0 Å². The number of nitrogens with one attached hydrogen (secondary N) is 1. The predicted octanol–water partition coefficient (Wildman–Crippen LogP) is 0.354. The largest absolute Gasteiger partial charge is 0.377 e. The molecule has 0 bridgehead atoms. The number of aromatic nitrogens is 2. The molecule has 1 N–H and O–H groups in total. The minimum atomic E-state index is 0.0749. The Morgan fingerprint density at radius 1 is 1.32 bits per heavy atom. The molecule has 0 aliphatic carbocycles. The molecule has 1 saturated heterocycles. The minimum absolute atomic E-state index is 0.0749. The van der Waals surface area contributed by atoms with Crippen LogP contribution in [0.25, 0.3) is 0 Å². The summed E-state index contributed by atoms with van der Waals surface area (Å²) < 4.78 is 10.9. The second-order valence-corrected chi connectivity index (χ2v) is 4.76. The van der Waals surface area contributed by atoms with Crippen molar-refractivity contribution in [3.05, 3.63) is 17.5 Å². The fourth-order valence-electron chi connectivity index (χ4n) is 2.36. The third-order valence-electron chi connectivity index (χ3n) is 3.54. The van der Waals surface area contributed by atoms with E-state index >= 15 is 0 Å². The SMILES string of the molecule is CNCc1cnc(N2CC(OC)C(OC)C2)nc1C. The molecule has 2 atom stereocenters. The van der Waals surface area contributed by atoms with Crippen molar-refractivity contribution in [2.45, 2.75) is 25.7 Å². The Balaban J connectivity index is 2.13. The van der Waals surface area contributed by atoms with Crippen molar-refractivity contribution in [2.75, 3.05) is 39.3 Å². The molecule has 6 nitrogen and oxygen atoms in total. The summed E-state index contributed by atoms with van der Waals surface area (Å²) in [6.07, 6.45) is 2.03. The lowest BCUT2D eigenvalue weighted by Crippen LogP contribution is -2.27. The van der Waals surface area contributed by atoms with Crippen LogP contribution >= 0.6 is 0 Å². The standard InChI is InChI=1S/C13H22N4O2/c1-9-10(5-14-2)6-15-13(16-9)17-7-11(18-3)12(8-17)19-4/h6,11-12,14H,5,7-8H2,1-4H3. The highest BCUT2D eigenvalue weighted by Gasteiger charge is 2.34. The summed E-state index contributed by atoms with van der Waals surface area (Å²) in [5.41, 5.74) is 2.13. The van der Waals surface area contributed by atoms with Gasteiger partial charge in [-0.3, -0.25) is 0 Å². The summed E-state index contributed by atoms with van der Waals surface area (Å²) in [6, 6.07) is 0. The van der Waals surface area contributed by atoms with Gasteiger partial charge in [0.2, 0.25) is 5.95 Å². The highest BCUT2D eigenvalue weighted by molar-refractivity contribution is 5.35. The van der Waals surface area contributed by atoms with E-state index in [2.05, 4.69) is 20.2 Å². The second-order valence-electron chi connectivity index (χ2n) is 4.76. The van der Waals surface area contributed by atoms with E-state index in [-0.39, 0.29) is 12.2 Å². The number of rotatable bonds is 5. The van der Waals surface area contributed by atoms with Crippen LogP contribution in [-0.2, 0) is 16.0 Å². The zero-order chi connectivity index (χ0) is 13.8. The fourth-order valence-corrected chi connectivity index (χ4v) is 2.36. The topological polar surface area (TPSA) is 59.5 Å². The van der Waals surface area contributed by atoms with Gasteiger partial charge in [0.05, 0.1) is 0 Å². The van der Waals surface area contributed by atoms with Gasteiger partial charge in [-0.15, -0.1) is 0 Å². The fraction of sp³-hybridized carbons (Fsp3) is 0.692. The molecule has 1 aliphatic heterocycles. The molecule has 0 aromatic carbocycles. The number of hydrogen-bond acceptors (Lipinski definition) is 6. The lowest BCUT2D eigenvalue weighted by atomic mass is 10.2. The molecule has 2 rings (SSSR count). The van der Waals surface area contributed by atoms with Crippen molar-refractivity contribution in [3.8, 4) is 0 Å². The molecule has 1 aromatic rings. The van der Waals surface area contributed by atoms with Crippen LogP contribution in [-0.4, -0.2) is 56.5 Å². The smallest absolute Gasteiger partial charge is 0.225 e. The van der Waals surface area contributed by atoms with Crippen molar-refractivity contribution in [1.29, 1.82) is 0 Å². The van der Waals surface area contributed by atoms with Gasteiger partial charge in [0, 0.05) is 51.3 Å². The van der Waals surface area contributed by atoms with Crippen LogP contribution in [0, 0.1) is 6.92 Å². The Labute approximate surface area is 114 Å². The number of hydrogen-bond donors (Lipinski definition) is 1. The van der Waals surface area contributed by atoms with E-state index in [0.29, 0.717) is 0 Å². The van der Waals surface area contributed by atoms with Crippen LogP contribution in [0.15, 0.2) is 6.20 Å². The van der Waals surface area contributed by atoms with E-state index in [9.17, 15) is 0 Å². The zero-order valence-corrected chi connectivity index (χ0v) is 12.0. The minimum Gasteiger partial charge on any atom is -0.377 e. The van der Waals surface area contributed by atoms with Crippen LogP contribution in [0.3, 0.4) is 0 Å². The van der Waals surface area contributed by atoms with E-state index in [4.69, 9.17) is 9.47 Å². The maximum absolute atomic E-state index is 5.43. The molecule has 0 radical (unpaired) electrons. The molecule has 6 heteroatoms. The Morgan fingerprint density at radius 2 is 1.95 bits per heavy atom. The van der Waals surface area contributed by atoms with E-state index in [0.717, 1.165) is 36.8 Å². The molecule has 19 heavy (non-hydrogen) atoms. The average Bonchev–Trinajstić information content (AvgIpc) is 2.84. The van der Waals surface area contributed by atoms with E-state index in [1.165, 1.54) is 0 Å². The average molecular weight is 266 g/mol. The first-order valence-corrected chi connectivity index (χ1v) is 6.47. The highest BCUT2D eigenvalue weighted by atomic mass is 16.5. The Bertz CT molecular complexity index is 415. The van der Waals surface area contributed by atoms with Gasteiger partial charge in [-0.2, -0.15) is 0 Å². The van der Waals surface area contributed by atoms with Gasteiger partial charge in [0.1, 0.15) is 12.2 Å². The molecular weight excluding hydrogens is 244 g/mol. The highest BCUT2D eigenvalue weighted by Crippen LogP contribution is 2.21. The Hall–Kier alpha value is -1.24. The van der Waals surface area contributed by atoms with Crippen LogP contribution in [0.5, 0.6) is 0 Å². The monoisotopic (exact) mass is 266 g/mol. The molecule has 106 valence electrons. The maximum atomic E-state index is 5.43. The van der Waals surface area contributed by atoms with Crippen molar-refractivity contribution < 1.29 is 9.47 Å². The van der Waals surface area contributed by atoms with E-state index in [1.54, 1.807) is 14.2 Å². The lowest BCUT2D eigenvalue weighted by Gasteiger charge is -2.16. The Morgan fingerprint density at radius 3 is 2.42 bits per heavy atom. The number of nitrogens with zero attached hydrogens (tertiary/aromatic N) is 3. The van der Waals surface area contributed by atoms with Crippen LogP contribution in [0.2, 0.25) is 0 Å². The molecule has 0 amide bonds. The third kappa shape index (κ3) is 3.02. The van der Waals surface area contributed by atoms with Gasteiger partial charge in [-0.1, -0.05) is 0 Å². The van der Waals surface area contributed by atoms with Gasteiger partial charge in [0.15, 0.2) is 0 Å². The van der Waals surface area contributed by atoms with Crippen molar-refractivity contribution in [2.24, 2.45) is 0 Å². The summed E-state index contributed by atoms with van der Waals surface area (Å²) in [5.74, 6) is 0.749. The first-order valence-electron chi connectivity index (χ1n) is 6.47. The predicted molar refractivity (Wildman–Crippen MR) is 73.3 cm³/mol. The summed E-state index contributed by atoms with van der Waals surface area (Å²) >= 11 is 0. The third-order valence-corrected chi connectivity index (χ3v) is 3.54. The molecular formula is C13H22N4O2. The van der Waals surface area contributed by atoms with Gasteiger partial charge < -0.3 is 19.7 Å². The number of ether oxygens (including phenoxy) is 2. The van der Waals surface area contributed by atoms with E-state index in [1.807, 2.05) is 20.2 Å². The molecule has 1 fully saturated rings. The van der Waals surface area contributed by atoms with Crippen LogP contribution in [0.1, 0.15) is 11.3 Å². The van der Waals surface area contributed by atoms with E-state index < -0.39 is 0 Å². The Kier molecular flexibility index (Phi) is 4.68. The second kappa shape index (κ2) is 6.27. The maximum Gasteiger partial charge on any atom is 0.225 e. The van der Waals surface area contributed by atoms with Crippen molar-refractivity contribution in [1.82, 2.24) is 15.3 Å². The molecule has 2 unspecified atom stereocenters. The molecule has 1 aromatic heterocycles. The number of aryl methyl sites for hydroxylation is 1. The molecule has 2 heterocycles. The molecule has 0 spiro atoms. The molecule has 1 aliphatic rings. The van der Waals surface area contributed by atoms with Gasteiger partial charge in [0.25, 0.3) is 0 Å². The normalized spacial score (nSPS) is 23.1. The summed E-state index contributed by atoms with van der Waals surface area (Å²) in [6.45, 7) is 4.32. The number of methoxy groups -OCH3 is 2. The lowest BCUT2D eigenvalue weighted by molar-refractivity contribution is -0.00461. The number of anilines is 1. The summed E-state index contributed by atoms with van der Waals surface area (Å²) in [5, 5.41) is 3.11. The quantitative estimate of drug-likeness (QED) is 0.830. The molecule has 0 saturated carbocycles. The zero-order valence-electron chi connectivity index (χ0n) is 12.0. The van der Waals surface area contributed by atoms with Crippen LogP contribution < -0.4 is 10.2 Å². The first kappa shape index (κ1) is 14.2. The summed E-state index contributed by atoms with van der Waals surface area (Å²) in [4.78, 5) is 11.1. The van der Waals surface area contributed by atoms with Crippen molar-refractivity contribution in [3.63, 3.8) is 0 Å².